The first-order chi connectivity index (χ1) is 12.7. The van der Waals surface area contributed by atoms with Crippen LogP contribution in [0.1, 0.15) is 28.9 Å². The van der Waals surface area contributed by atoms with Crippen LogP contribution in [0.25, 0.3) is 0 Å². The number of rotatable bonds is 4. The van der Waals surface area contributed by atoms with Crippen molar-refractivity contribution in [2.75, 3.05) is 31.2 Å². The van der Waals surface area contributed by atoms with Gasteiger partial charge >= 0.3 is 0 Å². The van der Waals surface area contributed by atoms with E-state index in [2.05, 4.69) is 20.4 Å². The Morgan fingerprint density at radius 3 is 2.42 bits per heavy atom. The van der Waals surface area contributed by atoms with E-state index < -0.39 is 5.79 Å². The van der Waals surface area contributed by atoms with Crippen LogP contribution in [0.2, 0.25) is 0 Å². The molecule has 4 rings (SSSR count). The highest BCUT2D eigenvalue weighted by atomic mass is 16.7. The smallest absolute Gasteiger partial charge is 0.272 e. The molecule has 3 heterocycles. The maximum Gasteiger partial charge on any atom is 0.272 e. The molecule has 2 fully saturated rings. The van der Waals surface area contributed by atoms with Crippen LogP contribution in [0.3, 0.4) is 0 Å². The third-order valence-corrected chi connectivity index (χ3v) is 4.84. The van der Waals surface area contributed by atoms with E-state index in [1.807, 2.05) is 36.4 Å². The van der Waals surface area contributed by atoms with E-state index in [1.165, 1.54) is 0 Å². The van der Waals surface area contributed by atoms with Gasteiger partial charge in [-0.3, -0.25) is 4.79 Å². The number of amides is 1. The fourth-order valence-corrected chi connectivity index (χ4v) is 3.35. The first-order valence-electron chi connectivity index (χ1n) is 8.93. The van der Waals surface area contributed by atoms with Crippen LogP contribution in [0.15, 0.2) is 42.5 Å². The van der Waals surface area contributed by atoms with Gasteiger partial charge in [0.15, 0.2) is 17.3 Å². The van der Waals surface area contributed by atoms with Crippen molar-refractivity contribution in [3.8, 4) is 0 Å². The lowest BCUT2D eigenvalue weighted by Gasteiger charge is -2.37. The highest BCUT2D eigenvalue weighted by Crippen LogP contribution is 2.32. The second-order valence-electron chi connectivity index (χ2n) is 6.54. The van der Waals surface area contributed by atoms with E-state index >= 15 is 0 Å². The molecule has 1 N–H and O–H groups in total. The molecule has 7 nitrogen and oxygen atoms in total. The Labute approximate surface area is 152 Å². The molecule has 0 atom stereocenters. The molecule has 1 aromatic carbocycles. The number of aromatic nitrogens is 2. The van der Waals surface area contributed by atoms with Gasteiger partial charge in [-0.2, -0.15) is 0 Å². The Balaban J connectivity index is 1.32. The quantitative estimate of drug-likeness (QED) is 0.901. The monoisotopic (exact) mass is 354 g/mol. The summed E-state index contributed by atoms with van der Waals surface area (Å²) >= 11 is 0. The molecule has 1 aromatic heterocycles. The number of nitrogens with zero attached hydrogens (tertiary/aromatic N) is 3. The highest BCUT2D eigenvalue weighted by Gasteiger charge is 2.40. The zero-order valence-electron chi connectivity index (χ0n) is 14.6. The summed E-state index contributed by atoms with van der Waals surface area (Å²) in [7, 11) is 0. The van der Waals surface area contributed by atoms with Crippen molar-refractivity contribution in [2.24, 2.45) is 0 Å². The van der Waals surface area contributed by atoms with E-state index in [4.69, 9.17) is 9.47 Å². The van der Waals surface area contributed by atoms with Crippen LogP contribution in [0.5, 0.6) is 0 Å². The summed E-state index contributed by atoms with van der Waals surface area (Å²) in [6.07, 6.45) is 1.63. The molecule has 7 heteroatoms. The molecule has 2 aliphatic heterocycles. The molecular formula is C19H22N4O3. The lowest BCUT2D eigenvalue weighted by atomic mass is 10.0. The van der Waals surface area contributed by atoms with Gasteiger partial charge in [0.25, 0.3) is 5.91 Å². The minimum absolute atomic E-state index is 0.224. The molecule has 1 spiro atoms. The number of hydrogen-bond acceptors (Lipinski definition) is 6. The van der Waals surface area contributed by atoms with Gasteiger partial charge in [-0.15, -0.1) is 10.2 Å². The number of benzene rings is 1. The molecule has 26 heavy (non-hydrogen) atoms. The Morgan fingerprint density at radius 1 is 1.04 bits per heavy atom. The van der Waals surface area contributed by atoms with Gasteiger partial charge in [0.05, 0.1) is 13.2 Å². The third-order valence-electron chi connectivity index (χ3n) is 4.84. The van der Waals surface area contributed by atoms with E-state index in [1.54, 1.807) is 6.07 Å². The summed E-state index contributed by atoms with van der Waals surface area (Å²) in [5.74, 6) is 0.150. The number of anilines is 1. The summed E-state index contributed by atoms with van der Waals surface area (Å²) in [6.45, 7) is 3.42. The Kier molecular flexibility index (Phi) is 4.81. The summed E-state index contributed by atoms with van der Waals surface area (Å²) < 4.78 is 11.5. The van der Waals surface area contributed by atoms with E-state index in [-0.39, 0.29) is 5.91 Å². The molecule has 0 saturated carbocycles. The third kappa shape index (κ3) is 3.68. The molecule has 0 aliphatic carbocycles. The fourth-order valence-electron chi connectivity index (χ4n) is 3.35. The zero-order chi connectivity index (χ0) is 17.8. The summed E-state index contributed by atoms with van der Waals surface area (Å²) in [5.41, 5.74) is 1.37. The Hall–Kier alpha value is -2.51. The topological polar surface area (TPSA) is 76.6 Å². The molecule has 136 valence electrons. The number of ether oxygens (including phenoxy) is 2. The fraction of sp³-hybridized carbons (Fsp3) is 0.421. The number of hydrogen-bond donors (Lipinski definition) is 1. The summed E-state index contributed by atoms with van der Waals surface area (Å²) in [6, 6.07) is 13.3. The van der Waals surface area contributed by atoms with Crippen LogP contribution >= 0.6 is 0 Å². The number of carbonyl (C=O) groups excluding carboxylic acids is 1. The highest BCUT2D eigenvalue weighted by molar-refractivity contribution is 5.92. The van der Waals surface area contributed by atoms with Crippen LogP contribution in [0, 0.1) is 0 Å². The van der Waals surface area contributed by atoms with Gasteiger partial charge in [-0.1, -0.05) is 30.3 Å². The molecule has 0 unspecified atom stereocenters. The van der Waals surface area contributed by atoms with Crippen molar-refractivity contribution in [2.45, 2.75) is 25.2 Å². The van der Waals surface area contributed by atoms with Crippen molar-refractivity contribution in [3.63, 3.8) is 0 Å². The molecule has 1 amide bonds. The molecule has 2 aliphatic rings. The van der Waals surface area contributed by atoms with Crippen LogP contribution in [0.4, 0.5) is 5.82 Å². The van der Waals surface area contributed by atoms with Crippen molar-refractivity contribution < 1.29 is 14.3 Å². The first-order valence-corrected chi connectivity index (χ1v) is 8.93. The molecule has 2 aromatic rings. The summed E-state index contributed by atoms with van der Waals surface area (Å²) in [4.78, 5) is 14.4. The van der Waals surface area contributed by atoms with E-state index in [0.29, 0.717) is 25.5 Å². The average molecular weight is 354 g/mol. The lowest BCUT2D eigenvalue weighted by molar-refractivity contribution is -0.169. The molecule has 0 radical (unpaired) electrons. The van der Waals surface area contributed by atoms with Crippen LogP contribution in [-0.4, -0.2) is 48.2 Å². The predicted octanol–water partition coefficient (Wildman–Crippen LogP) is 1.75. The van der Waals surface area contributed by atoms with Crippen molar-refractivity contribution >= 4 is 11.7 Å². The molecular weight excluding hydrogens is 332 g/mol. The Morgan fingerprint density at radius 2 is 1.77 bits per heavy atom. The Bertz CT molecular complexity index is 735. The van der Waals surface area contributed by atoms with Crippen LogP contribution in [-0.2, 0) is 16.0 Å². The standard InChI is InChI=1S/C19H22N4O3/c24-18(20-14-15-4-2-1-3-5-15)16-6-7-17(22-21-16)23-10-8-19(9-11-23)25-12-13-26-19/h1-7H,8-14H2,(H,20,24). The molecule has 2 saturated heterocycles. The van der Waals surface area contributed by atoms with E-state index in [9.17, 15) is 4.79 Å². The number of carbonyl (C=O) groups is 1. The van der Waals surface area contributed by atoms with E-state index in [0.717, 1.165) is 37.3 Å². The van der Waals surface area contributed by atoms with Gasteiger partial charge in [0.2, 0.25) is 0 Å². The van der Waals surface area contributed by atoms with Gasteiger partial charge in [-0.05, 0) is 17.7 Å². The lowest BCUT2D eigenvalue weighted by Crippen LogP contribution is -2.45. The minimum Gasteiger partial charge on any atom is -0.355 e. The SMILES string of the molecule is O=C(NCc1ccccc1)c1ccc(N2CCC3(CC2)OCCO3)nn1. The summed E-state index contributed by atoms with van der Waals surface area (Å²) in [5, 5.41) is 11.2. The average Bonchev–Trinajstić information content (AvgIpc) is 3.16. The largest absolute Gasteiger partial charge is 0.355 e. The van der Waals surface area contributed by atoms with Gasteiger partial charge in [0.1, 0.15) is 0 Å². The maximum absolute atomic E-state index is 12.2. The van der Waals surface area contributed by atoms with Gasteiger partial charge in [0, 0.05) is 32.5 Å². The van der Waals surface area contributed by atoms with Crippen molar-refractivity contribution in [3.05, 3.63) is 53.7 Å². The second-order valence-corrected chi connectivity index (χ2v) is 6.54. The normalized spacial score (nSPS) is 18.8. The second kappa shape index (κ2) is 7.39. The first kappa shape index (κ1) is 16.9. The minimum atomic E-state index is -0.402. The van der Waals surface area contributed by atoms with Crippen molar-refractivity contribution in [1.29, 1.82) is 0 Å². The van der Waals surface area contributed by atoms with Gasteiger partial charge in [-0.25, -0.2) is 0 Å². The van der Waals surface area contributed by atoms with Crippen molar-refractivity contribution in [1.82, 2.24) is 15.5 Å². The molecule has 0 bridgehead atoms. The number of piperidine rings is 1. The zero-order valence-corrected chi connectivity index (χ0v) is 14.6. The maximum atomic E-state index is 12.2. The van der Waals surface area contributed by atoms with Crippen LogP contribution < -0.4 is 10.2 Å². The van der Waals surface area contributed by atoms with Gasteiger partial charge < -0.3 is 19.7 Å². The predicted molar refractivity (Wildman–Crippen MR) is 95.7 cm³/mol. The number of nitrogens with one attached hydrogen (secondary N) is 1.